The van der Waals surface area contributed by atoms with Gasteiger partial charge in [-0.1, -0.05) is 43.0 Å². The van der Waals surface area contributed by atoms with Crippen LogP contribution in [-0.4, -0.2) is 35.1 Å². The minimum Gasteiger partial charge on any atom is -0.438 e. The van der Waals surface area contributed by atoms with Gasteiger partial charge in [0, 0.05) is 36.5 Å². The lowest BCUT2D eigenvalue weighted by Gasteiger charge is -2.11. The van der Waals surface area contributed by atoms with Crippen molar-refractivity contribution < 1.29 is 18.3 Å². The van der Waals surface area contributed by atoms with Gasteiger partial charge in [-0.25, -0.2) is 0 Å². The zero-order valence-corrected chi connectivity index (χ0v) is 16.8. The Morgan fingerprint density at radius 1 is 1.26 bits per heavy atom. The van der Waals surface area contributed by atoms with Crippen molar-refractivity contribution in [3.05, 3.63) is 83.7 Å². The molecule has 2 heterocycles. The van der Waals surface area contributed by atoms with E-state index in [-0.39, 0.29) is 11.7 Å². The van der Waals surface area contributed by atoms with Gasteiger partial charge in [0.1, 0.15) is 5.76 Å². The maximum atomic E-state index is 12.8. The van der Waals surface area contributed by atoms with E-state index in [1.807, 2.05) is 36.5 Å². The van der Waals surface area contributed by atoms with E-state index in [1.54, 1.807) is 23.0 Å². The van der Waals surface area contributed by atoms with Crippen LogP contribution in [0.2, 0.25) is 0 Å². The third kappa shape index (κ3) is 4.37. The molecule has 6 nitrogen and oxygen atoms in total. The van der Waals surface area contributed by atoms with Gasteiger partial charge in [0.05, 0.1) is 12.7 Å². The summed E-state index contributed by atoms with van der Waals surface area (Å²) in [5.41, 5.74) is 5.10. The highest BCUT2D eigenvalue weighted by Gasteiger charge is 2.19. The molecule has 2 aromatic carbocycles. The van der Waals surface area contributed by atoms with Gasteiger partial charge >= 0.3 is 6.43 Å². The number of alkyl halides is 2. The Hall–Kier alpha value is -3.81. The molecule has 1 amide bonds. The van der Waals surface area contributed by atoms with Crippen molar-refractivity contribution in [2.75, 3.05) is 7.05 Å². The van der Waals surface area contributed by atoms with E-state index in [4.69, 9.17) is 4.74 Å². The highest BCUT2D eigenvalue weighted by Crippen LogP contribution is 2.25. The number of carbonyl (C=O) groups is 1. The number of rotatable bonds is 6. The molecule has 0 aliphatic carbocycles. The molecule has 3 aromatic rings. The highest BCUT2D eigenvalue weighted by molar-refractivity contribution is 5.99. The fourth-order valence-corrected chi connectivity index (χ4v) is 3.35. The second kappa shape index (κ2) is 8.51. The van der Waals surface area contributed by atoms with Crippen LogP contribution in [0.1, 0.15) is 27.0 Å². The molecule has 1 aliphatic heterocycles. The number of ether oxygens (including phenoxy) is 1. The summed E-state index contributed by atoms with van der Waals surface area (Å²) in [7, 11) is 1.24. The molecule has 1 aromatic heterocycles. The highest BCUT2D eigenvalue weighted by atomic mass is 19.3. The van der Waals surface area contributed by atoms with Crippen LogP contribution in [0.3, 0.4) is 0 Å². The number of halogens is 2. The number of nitrogens with zero attached hydrogens (tertiary/aromatic N) is 3. The van der Waals surface area contributed by atoms with Gasteiger partial charge in [-0.05, 0) is 22.8 Å². The number of hydrogen-bond donors (Lipinski definition) is 1. The number of hydrogen-bond acceptors (Lipinski definition) is 4. The summed E-state index contributed by atoms with van der Waals surface area (Å²) in [6, 6.07) is 13.0. The Morgan fingerprint density at radius 3 is 2.74 bits per heavy atom. The first-order valence-corrected chi connectivity index (χ1v) is 9.59. The number of carbonyl (C=O) groups excluding carboxylic acids is 1. The molecular formula is C23H20F2N4O2. The van der Waals surface area contributed by atoms with Gasteiger partial charge in [0.25, 0.3) is 11.8 Å². The molecule has 0 spiro atoms. The standard InChI is InChI=1S/C23H20F2N4O2/c1-14(31-23(26-2)21(24)25)16-5-3-15(4-6-16)12-29-13-19(11-28-29)17-7-8-18-10-27-22(30)20(18)9-17/h3-9,11,13,21H,1,10,12H2,2H3,(H,27,30). The van der Waals surface area contributed by atoms with Crippen LogP contribution in [0.5, 0.6) is 0 Å². The molecule has 0 saturated carbocycles. The lowest BCUT2D eigenvalue weighted by Crippen LogP contribution is -2.13. The second-order valence-electron chi connectivity index (χ2n) is 7.07. The van der Waals surface area contributed by atoms with E-state index in [0.29, 0.717) is 24.2 Å². The normalized spacial score (nSPS) is 13.3. The summed E-state index contributed by atoms with van der Waals surface area (Å²) in [6.45, 7) is 4.78. The van der Waals surface area contributed by atoms with Crippen molar-refractivity contribution in [3.63, 3.8) is 0 Å². The summed E-state index contributed by atoms with van der Waals surface area (Å²) >= 11 is 0. The largest absolute Gasteiger partial charge is 0.438 e. The van der Waals surface area contributed by atoms with E-state index in [1.165, 1.54) is 7.05 Å². The van der Waals surface area contributed by atoms with Crippen molar-refractivity contribution in [3.8, 4) is 11.1 Å². The summed E-state index contributed by atoms with van der Waals surface area (Å²) in [6.07, 6.45) is 0.876. The minimum atomic E-state index is -2.80. The van der Waals surface area contributed by atoms with Gasteiger partial charge in [0.15, 0.2) is 0 Å². The molecule has 1 N–H and O–H groups in total. The van der Waals surface area contributed by atoms with Crippen LogP contribution >= 0.6 is 0 Å². The van der Waals surface area contributed by atoms with Gasteiger partial charge in [0.2, 0.25) is 0 Å². The first-order chi connectivity index (χ1) is 14.9. The Balaban J connectivity index is 1.44. The molecule has 158 valence electrons. The molecule has 31 heavy (non-hydrogen) atoms. The maximum absolute atomic E-state index is 12.8. The summed E-state index contributed by atoms with van der Waals surface area (Å²) < 4.78 is 32.4. The Bertz CT molecular complexity index is 1170. The van der Waals surface area contributed by atoms with Gasteiger partial charge in [-0.3, -0.25) is 14.5 Å². The van der Waals surface area contributed by atoms with E-state index in [2.05, 4.69) is 22.0 Å². The second-order valence-corrected chi connectivity index (χ2v) is 7.07. The van der Waals surface area contributed by atoms with Crippen LogP contribution in [0.15, 0.2) is 66.4 Å². The van der Waals surface area contributed by atoms with Crippen molar-refractivity contribution >= 4 is 17.6 Å². The molecule has 0 radical (unpaired) electrons. The quantitative estimate of drug-likeness (QED) is 0.369. The monoisotopic (exact) mass is 422 g/mol. The van der Waals surface area contributed by atoms with Crippen molar-refractivity contribution in [2.45, 2.75) is 19.5 Å². The number of nitrogens with one attached hydrogen (secondary N) is 1. The van der Waals surface area contributed by atoms with Crippen molar-refractivity contribution in [2.24, 2.45) is 4.99 Å². The molecule has 0 fully saturated rings. The van der Waals surface area contributed by atoms with Gasteiger partial charge in [-0.2, -0.15) is 13.9 Å². The minimum absolute atomic E-state index is 0.0548. The predicted molar refractivity (Wildman–Crippen MR) is 114 cm³/mol. The van der Waals surface area contributed by atoms with Crippen LogP contribution in [0.25, 0.3) is 16.9 Å². The van der Waals surface area contributed by atoms with Crippen LogP contribution in [-0.2, 0) is 17.8 Å². The molecule has 0 atom stereocenters. The van der Waals surface area contributed by atoms with E-state index >= 15 is 0 Å². The molecule has 1 aliphatic rings. The topological polar surface area (TPSA) is 68.5 Å². The molecule has 0 saturated heterocycles. The molecule has 8 heteroatoms. The SMILES string of the molecule is C=C(OC(=NC)C(F)F)c1ccc(Cn2cc(-c3ccc4c(c3)C(=O)NC4)cn2)cc1. The first-order valence-electron chi connectivity index (χ1n) is 9.59. The average molecular weight is 422 g/mol. The van der Waals surface area contributed by atoms with E-state index < -0.39 is 12.3 Å². The first kappa shape index (κ1) is 20.5. The van der Waals surface area contributed by atoms with Crippen LogP contribution < -0.4 is 5.32 Å². The molecule has 4 rings (SSSR count). The fourth-order valence-electron chi connectivity index (χ4n) is 3.35. The lowest BCUT2D eigenvalue weighted by molar-refractivity contribution is 0.0965. The van der Waals surface area contributed by atoms with Crippen LogP contribution in [0, 0.1) is 0 Å². The Morgan fingerprint density at radius 2 is 2.03 bits per heavy atom. The van der Waals surface area contributed by atoms with E-state index in [0.717, 1.165) is 22.3 Å². The Labute approximate surface area is 177 Å². The number of aliphatic imine (C=N–C) groups is 1. The number of fused-ring (bicyclic) bond motifs is 1. The number of aromatic nitrogens is 2. The third-order valence-corrected chi connectivity index (χ3v) is 5.02. The lowest BCUT2D eigenvalue weighted by atomic mass is 10.0. The van der Waals surface area contributed by atoms with Gasteiger partial charge in [-0.15, -0.1) is 0 Å². The fraction of sp³-hybridized carbons (Fsp3) is 0.174. The molecule has 0 bridgehead atoms. The number of amides is 1. The predicted octanol–water partition coefficient (Wildman–Crippen LogP) is 4.12. The van der Waals surface area contributed by atoms with Crippen molar-refractivity contribution in [1.82, 2.24) is 15.1 Å². The van der Waals surface area contributed by atoms with Crippen molar-refractivity contribution in [1.29, 1.82) is 0 Å². The zero-order valence-electron chi connectivity index (χ0n) is 16.8. The Kier molecular flexibility index (Phi) is 5.62. The molecule has 0 unspecified atom stereocenters. The number of benzene rings is 2. The summed E-state index contributed by atoms with van der Waals surface area (Å²) in [5, 5.41) is 7.22. The third-order valence-electron chi connectivity index (χ3n) is 5.02. The average Bonchev–Trinajstić information content (AvgIpc) is 3.38. The summed E-state index contributed by atoms with van der Waals surface area (Å²) in [4.78, 5) is 15.3. The van der Waals surface area contributed by atoms with Crippen LogP contribution in [0.4, 0.5) is 8.78 Å². The van der Waals surface area contributed by atoms with Gasteiger partial charge < -0.3 is 10.1 Å². The van der Waals surface area contributed by atoms with E-state index in [9.17, 15) is 13.6 Å². The zero-order chi connectivity index (χ0) is 22.0. The smallest absolute Gasteiger partial charge is 0.312 e. The summed E-state index contributed by atoms with van der Waals surface area (Å²) in [5.74, 6) is -0.613. The molecular weight excluding hydrogens is 402 g/mol. The maximum Gasteiger partial charge on any atom is 0.312 e.